The minimum absolute atomic E-state index is 0.0461. The fourth-order valence-corrected chi connectivity index (χ4v) is 4.11. The van der Waals surface area contributed by atoms with Crippen LogP contribution in [0.2, 0.25) is 0 Å². The van der Waals surface area contributed by atoms with Gasteiger partial charge in [-0.05, 0) is 67.5 Å². The van der Waals surface area contributed by atoms with Crippen molar-refractivity contribution in [2.24, 2.45) is 0 Å². The molecule has 1 aromatic carbocycles. The van der Waals surface area contributed by atoms with Gasteiger partial charge in [-0.1, -0.05) is 17.3 Å². The highest BCUT2D eigenvalue weighted by Gasteiger charge is 2.35. The Hall–Kier alpha value is -3.02. The number of likely N-dealkylation sites (tertiary alicyclic amines) is 1. The molecule has 0 spiro atoms. The lowest BCUT2D eigenvalue weighted by Gasteiger charge is -2.22. The highest BCUT2D eigenvalue weighted by Crippen LogP contribution is 2.33. The number of aromatic nitrogens is 3. The molecule has 0 bridgehead atoms. The van der Waals surface area contributed by atoms with Gasteiger partial charge in [-0.25, -0.2) is 0 Å². The van der Waals surface area contributed by atoms with E-state index in [1.165, 1.54) is 17.5 Å². The first kappa shape index (κ1) is 16.2. The largest absolute Gasteiger partial charge is 0.337 e. The van der Waals surface area contributed by atoms with Crippen molar-refractivity contribution >= 4 is 5.91 Å². The summed E-state index contributed by atoms with van der Waals surface area (Å²) in [5.74, 6) is 0.995. The number of hydrogen-bond acceptors (Lipinski definition) is 5. The van der Waals surface area contributed by atoms with Crippen LogP contribution < -0.4 is 0 Å². The molecule has 2 aromatic heterocycles. The Balaban J connectivity index is 1.41. The van der Waals surface area contributed by atoms with Crippen molar-refractivity contribution in [1.82, 2.24) is 20.0 Å². The van der Waals surface area contributed by atoms with E-state index in [0.29, 0.717) is 24.0 Å². The highest BCUT2D eigenvalue weighted by molar-refractivity contribution is 5.95. The number of fused-ring (bicyclic) bond motifs is 1. The summed E-state index contributed by atoms with van der Waals surface area (Å²) in [6, 6.07) is 11.5. The van der Waals surface area contributed by atoms with Gasteiger partial charge in [0.05, 0.1) is 0 Å². The maximum absolute atomic E-state index is 13.1. The van der Waals surface area contributed by atoms with E-state index in [1.807, 2.05) is 29.2 Å². The molecule has 27 heavy (non-hydrogen) atoms. The van der Waals surface area contributed by atoms with Crippen molar-refractivity contribution in [1.29, 1.82) is 0 Å². The molecular weight excluding hydrogens is 340 g/mol. The summed E-state index contributed by atoms with van der Waals surface area (Å²) in [6.07, 6.45) is 6.83. The number of amides is 1. The van der Waals surface area contributed by atoms with E-state index in [9.17, 15) is 4.79 Å². The number of pyridine rings is 1. The van der Waals surface area contributed by atoms with E-state index in [2.05, 4.69) is 27.3 Å². The quantitative estimate of drug-likeness (QED) is 0.714. The van der Waals surface area contributed by atoms with Crippen molar-refractivity contribution in [3.63, 3.8) is 0 Å². The van der Waals surface area contributed by atoms with Crippen molar-refractivity contribution < 1.29 is 9.32 Å². The van der Waals surface area contributed by atoms with Crippen LogP contribution in [0.4, 0.5) is 0 Å². The van der Waals surface area contributed by atoms with Crippen LogP contribution in [0, 0.1) is 0 Å². The molecule has 6 nitrogen and oxygen atoms in total. The van der Waals surface area contributed by atoms with Gasteiger partial charge in [0.15, 0.2) is 0 Å². The number of benzene rings is 1. The molecule has 6 heteroatoms. The molecule has 1 saturated heterocycles. The fourth-order valence-electron chi connectivity index (χ4n) is 4.11. The maximum atomic E-state index is 13.1. The number of carbonyl (C=O) groups is 1. The van der Waals surface area contributed by atoms with Crippen LogP contribution in [0.15, 0.2) is 47.1 Å². The van der Waals surface area contributed by atoms with Crippen LogP contribution >= 0.6 is 0 Å². The van der Waals surface area contributed by atoms with Crippen LogP contribution in [0.5, 0.6) is 0 Å². The molecule has 0 saturated carbocycles. The average Bonchev–Trinajstić information content (AvgIpc) is 3.47. The topological polar surface area (TPSA) is 72.1 Å². The van der Waals surface area contributed by atoms with Crippen LogP contribution in [0.1, 0.15) is 52.7 Å². The standard InChI is InChI=1S/C21H20N4O2/c26-21(16-10-9-14-5-3-6-15(14)13-16)25-12-4-8-18(25)20-23-19(24-27-20)17-7-1-2-11-22-17/h1-2,7,9-11,13,18H,3-6,8,12H2. The third-order valence-corrected chi connectivity index (χ3v) is 5.48. The van der Waals surface area contributed by atoms with Gasteiger partial charge in [-0.3, -0.25) is 9.78 Å². The second kappa shape index (κ2) is 6.61. The Labute approximate surface area is 157 Å². The molecule has 5 rings (SSSR count). The van der Waals surface area contributed by atoms with Gasteiger partial charge >= 0.3 is 0 Å². The average molecular weight is 360 g/mol. The molecule has 0 N–H and O–H groups in total. The molecule has 3 heterocycles. The number of carbonyl (C=O) groups excluding carboxylic acids is 1. The molecule has 1 fully saturated rings. The molecule has 136 valence electrons. The van der Waals surface area contributed by atoms with Crippen LogP contribution in [-0.2, 0) is 12.8 Å². The summed E-state index contributed by atoms with van der Waals surface area (Å²) < 4.78 is 5.50. The predicted octanol–water partition coefficient (Wildman–Crippen LogP) is 3.60. The van der Waals surface area contributed by atoms with Gasteiger partial charge in [-0.2, -0.15) is 4.98 Å². The van der Waals surface area contributed by atoms with Gasteiger partial charge in [-0.15, -0.1) is 0 Å². The van der Waals surface area contributed by atoms with Gasteiger partial charge in [0.25, 0.3) is 5.91 Å². The first-order valence-electron chi connectivity index (χ1n) is 9.47. The molecule has 1 amide bonds. The van der Waals surface area contributed by atoms with Crippen LogP contribution in [-0.4, -0.2) is 32.5 Å². The predicted molar refractivity (Wildman–Crippen MR) is 99.0 cm³/mol. The number of hydrogen-bond donors (Lipinski definition) is 0. The summed E-state index contributed by atoms with van der Waals surface area (Å²) in [6.45, 7) is 0.710. The number of nitrogens with zero attached hydrogens (tertiary/aromatic N) is 4. The fraction of sp³-hybridized carbons (Fsp3) is 0.333. The van der Waals surface area contributed by atoms with Crippen molar-refractivity contribution in [2.45, 2.75) is 38.1 Å². The lowest BCUT2D eigenvalue weighted by atomic mass is 10.1. The molecular formula is C21H20N4O2. The number of aryl methyl sites for hydroxylation is 2. The van der Waals surface area contributed by atoms with Crippen LogP contribution in [0.25, 0.3) is 11.5 Å². The zero-order valence-electron chi connectivity index (χ0n) is 15.0. The first-order chi connectivity index (χ1) is 13.3. The normalized spacial score (nSPS) is 18.7. The summed E-state index contributed by atoms with van der Waals surface area (Å²) in [5.41, 5.74) is 4.11. The van der Waals surface area contributed by atoms with E-state index in [-0.39, 0.29) is 11.9 Å². The van der Waals surface area contributed by atoms with Gasteiger partial charge < -0.3 is 9.42 Å². The third-order valence-electron chi connectivity index (χ3n) is 5.48. The van der Waals surface area contributed by atoms with Crippen LogP contribution in [0.3, 0.4) is 0 Å². The molecule has 1 atom stereocenters. The maximum Gasteiger partial charge on any atom is 0.254 e. The zero-order valence-corrected chi connectivity index (χ0v) is 15.0. The molecule has 0 radical (unpaired) electrons. The molecule has 2 aliphatic rings. The molecule has 3 aromatic rings. The van der Waals surface area contributed by atoms with E-state index >= 15 is 0 Å². The summed E-state index contributed by atoms with van der Waals surface area (Å²) in [5, 5.41) is 4.06. The monoisotopic (exact) mass is 360 g/mol. The number of rotatable bonds is 3. The summed E-state index contributed by atoms with van der Waals surface area (Å²) in [7, 11) is 0. The van der Waals surface area contributed by atoms with Crippen molar-refractivity contribution in [3.8, 4) is 11.5 Å². The lowest BCUT2D eigenvalue weighted by Crippen LogP contribution is -2.30. The second-order valence-corrected chi connectivity index (χ2v) is 7.16. The Morgan fingerprint density at radius 2 is 2.04 bits per heavy atom. The zero-order chi connectivity index (χ0) is 18.2. The van der Waals surface area contributed by atoms with E-state index in [0.717, 1.165) is 31.2 Å². The Morgan fingerprint density at radius 3 is 2.93 bits per heavy atom. The summed E-state index contributed by atoms with van der Waals surface area (Å²) >= 11 is 0. The smallest absolute Gasteiger partial charge is 0.254 e. The highest BCUT2D eigenvalue weighted by atomic mass is 16.5. The SMILES string of the molecule is O=C(c1ccc2c(c1)CCC2)N1CCCC1c1nc(-c2ccccn2)no1. The minimum Gasteiger partial charge on any atom is -0.337 e. The Kier molecular flexibility index (Phi) is 3.96. The molecule has 1 aliphatic carbocycles. The van der Waals surface area contributed by atoms with Gasteiger partial charge in [0, 0.05) is 18.3 Å². The molecule has 1 unspecified atom stereocenters. The van der Waals surface area contributed by atoms with Crippen molar-refractivity contribution in [2.75, 3.05) is 6.54 Å². The second-order valence-electron chi connectivity index (χ2n) is 7.16. The van der Waals surface area contributed by atoms with E-state index in [4.69, 9.17) is 4.52 Å². The minimum atomic E-state index is -0.171. The van der Waals surface area contributed by atoms with Gasteiger partial charge in [0.2, 0.25) is 11.7 Å². The van der Waals surface area contributed by atoms with Crippen molar-refractivity contribution in [3.05, 3.63) is 65.2 Å². The molecule has 1 aliphatic heterocycles. The first-order valence-corrected chi connectivity index (χ1v) is 9.47. The lowest BCUT2D eigenvalue weighted by molar-refractivity contribution is 0.0710. The summed E-state index contributed by atoms with van der Waals surface area (Å²) in [4.78, 5) is 23.8. The Morgan fingerprint density at radius 1 is 1.11 bits per heavy atom. The third kappa shape index (κ3) is 2.91. The van der Waals surface area contributed by atoms with Gasteiger partial charge in [0.1, 0.15) is 11.7 Å². The Bertz CT molecular complexity index is 983. The van der Waals surface area contributed by atoms with E-state index in [1.54, 1.807) is 6.20 Å². The van der Waals surface area contributed by atoms with E-state index < -0.39 is 0 Å².